The third-order valence-electron chi connectivity index (χ3n) is 5.65. The quantitative estimate of drug-likeness (QED) is 0.775. The summed E-state index contributed by atoms with van der Waals surface area (Å²) in [7, 11) is -2.04. The van der Waals surface area contributed by atoms with Crippen LogP contribution in [0.5, 0.6) is 5.75 Å². The van der Waals surface area contributed by atoms with E-state index in [-0.39, 0.29) is 17.3 Å². The molecule has 0 aromatic heterocycles. The van der Waals surface area contributed by atoms with Crippen LogP contribution in [0.2, 0.25) is 0 Å². The lowest BCUT2D eigenvalue weighted by Gasteiger charge is -2.30. The number of aryl methyl sites for hydroxylation is 1. The van der Waals surface area contributed by atoms with E-state index in [9.17, 15) is 13.2 Å². The highest BCUT2D eigenvalue weighted by molar-refractivity contribution is 7.89. The largest absolute Gasteiger partial charge is 0.483 e. The summed E-state index contributed by atoms with van der Waals surface area (Å²) in [5, 5.41) is 0. The van der Waals surface area contributed by atoms with Crippen molar-refractivity contribution in [2.45, 2.75) is 30.3 Å². The highest BCUT2D eigenvalue weighted by Crippen LogP contribution is 2.37. The molecular formula is C21H24N2O4S. The number of nitrogens with zero attached hydrogens (tertiary/aromatic N) is 2. The van der Waals surface area contributed by atoms with E-state index in [0.717, 1.165) is 11.1 Å². The topological polar surface area (TPSA) is 66.9 Å². The minimum Gasteiger partial charge on any atom is -0.483 e. The lowest BCUT2D eigenvalue weighted by molar-refractivity contribution is -0.130. The Hall–Kier alpha value is -2.38. The van der Waals surface area contributed by atoms with Crippen LogP contribution in [0, 0.1) is 6.92 Å². The number of sulfonamides is 1. The molecule has 0 radical (unpaired) electrons. The molecule has 2 aromatic rings. The zero-order valence-electron chi connectivity index (χ0n) is 16.1. The van der Waals surface area contributed by atoms with Crippen LogP contribution >= 0.6 is 0 Å². The van der Waals surface area contributed by atoms with Crippen LogP contribution in [0.4, 0.5) is 0 Å². The summed E-state index contributed by atoms with van der Waals surface area (Å²) in [6.45, 7) is 3.16. The number of ether oxygens (including phenoxy) is 1. The van der Waals surface area contributed by atoms with E-state index in [4.69, 9.17) is 4.74 Å². The number of likely N-dealkylation sites (N-methyl/N-ethyl adjacent to an activating group) is 1. The van der Waals surface area contributed by atoms with Gasteiger partial charge in [0.25, 0.3) is 0 Å². The van der Waals surface area contributed by atoms with Crippen molar-refractivity contribution in [3.05, 3.63) is 59.7 Å². The normalized spacial score (nSPS) is 23.9. The first-order chi connectivity index (χ1) is 13.3. The summed E-state index contributed by atoms with van der Waals surface area (Å²) in [6, 6.07) is 14.6. The Morgan fingerprint density at radius 2 is 1.82 bits per heavy atom. The molecule has 0 aliphatic carbocycles. The predicted octanol–water partition coefficient (Wildman–Crippen LogP) is 2.22. The number of hydrogen-bond donors (Lipinski definition) is 0. The van der Waals surface area contributed by atoms with E-state index in [2.05, 4.69) is 0 Å². The number of benzene rings is 2. The second-order valence-electron chi connectivity index (χ2n) is 7.66. The van der Waals surface area contributed by atoms with E-state index in [1.165, 1.54) is 4.31 Å². The molecule has 0 bridgehead atoms. The van der Waals surface area contributed by atoms with Gasteiger partial charge < -0.3 is 9.64 Å². The van der Waals surface area contributed by atoms with Gasteiger partial charge in [-0.1, -0.05) is 36.4 Å². The molecule has 2 aromatic carbocycles. The van der Waals surface area contributed by atoms with Crippen LogP contribution in [0.15, 0.2) is 53.4 Å². The Balaban J connectivity index is 1.57. The van der Waals surface area contributed by atoms with Gasteiger partial charge in [-0.15, -0.1) is 0 Å². The van der Waals surface area contributed by atoms with Gasteiger partial charge >= 0.3 is 0 Å². The number of fused-ring (bicyclic) bond motifs is 1. The van der Waals surface area contributed by atoms with Crippen molar-refractivity contribution in [3.8, 4) is 5.75 Å². The van der Waals surface area contributed by atoms with Crippen LogP contribution in [0.25, 0.3) is 0 Å². The Kier molecular flexibility index (Phi) is 4.67. The number of carbonyl (C=O) groups excluding carboxylic acids is 1. The Morgan fingerprint density at radius 1 is 1.11 bits per heavy atom. The van der Waals surface area contributed by atoms with Gasteiger partial charge in [-0.3, -0.25) is 4.79 Å². The van der Waals surface area contributed by atoms with Crippen molar-refractivity contribution in [1.82, 2.24) is 9.21 Å². The summed E-state index contributed by atoms with van der Waals surface area (Å²) in [5.41, 5.74) is 1.38. The van der Waals surface area contributed by atoms with Gasteiger partial charge in [0.1, 0.15) is 16.2 Å². The second kappa shape index (κ2) is 6.90. The van der Waals surface area contributed by atoms with Crippen LogP contribution in [-0.2, 0) is 21.2 Å². The number of hydrogen-bond acceptors (Lipinski definition) is 4. The molecule has 0 saturated carbocycles. The number of carbonyl (C=O) groups is 1. The van der Waals surface area contributed by atoms with Crippen molar-refractivity contribution >= 4 is 15.9 Å². The van der Waals surface area contributed by atoms with Crippen molar-refractivity contribution in [3.63, 3.8) is 0 Å². The molecule has 2 aliphatic heterocycles. The fourth-order valence-corrected chi connectivity index (χ4v) is 5.38. The SMILES string of the molecule is Cc1ccccc1CC(=O)N1CC[C@@]2(C1)CN(C)S(=O)(=O)c1ccccc1O2. The molecule has 148 valence electrons. The molecule has 1 atom stereocenters. The minimum absolute atomic E-state index is 0.0396. The molecule has 28 heavy (non-hydrogen) atoms. The average molecular weight is 401 g/mol. The smallest absolute Gasteiger partial charge is 0.246 e. The van der Waals surface area contributed by atoms with Gasteiger partial charge in [-0.05, 0) is 30.2 Å². The number of para-hydroxylation sites is 1. The highest BCUT2D eigenvalue weighted by atomic mass is 32.2. The fourth-order valence-electron chi connectivity index (χ4n) is 4.02. The molecule has 2 aliphatic rings. The standard InChI is InChI=1S/C21H24N2O4S/c1-16-7-3-4-8-17(16)13-20(24)23-12-11-21(15-23)14-22(2)28(25,26)19-10-6-5-9-18(19)27-21/h3-10H,11-15H2,1-2H3/t21-/m0/s1. The van der Waals surface area contributed by atoms with Gasteiger partial charge in [0.2, 0.25) is 15.9 Å². The van der Waals surface area contributed by atoms with Crippen molar-refractivity contribution in [2.75, 3.05) is 26.7 Å². The summed E-state index contributed by atoms with van der Waals surface area (Å²) >= 11 is 0. The third-order valence-corrected chi connectivity index (χ3v) is 7.49. The summed E-state index contributed by atoms with van der Waals surface area (Å²) in [5.74, 6) is 0.401. The Labute approximate surface area is 165 Å². The van der Waals surface area contributed by atoms with Gasteiger partial charge in [0.05, 0.1) is 19.5 Å². The Morgan fingerprint density at radius 3 is 2.61 bits per heavy atom. The van der Waals surface area contributed by atoms with E-state index in [1.54, 1.807) is 36.2 Å². The number of likely N-dealkylation sites (tertiary alicyclic amines) is 1. The van der Waals surface area contributed by atoms with Gasteiger partial charge in [-0.2, -0.15) is 4.31 Å². The van der Waals surface area contributed by atoms with E-state index >= 15 is 0 Å². The maximum absolute atomic E-state index is 12.9. The molecule has 7 heteroatoms. The van der Waals surface area contributed by atoms with Crippen LogP contribution in [-0.4, -0.2) is 55.8 Å². The molecule has 0 unspecified atom stereocenters. The molecule has 6 nitrogen and oxygen atoms in total. The van der Waals surface area contributed by atoms with Crippen molar-refractivity contribution < 1.29 is 17.9 Å². The predicted molar refractivity (Wildman–Crippen MR) is 106 cm³/mol. The molecule has 0 N–H and O–H groups in total. The second-order valence-corrected chi connectivity index (χ2v) is 9.67. The number of rotatable bonds is 2. The van der Waals surface area contributed by atoms with Gasteiger partial charge in [0.15, 0.2) is 0 Å². The summed E-state index contributed by atoms with van der Waals surface area (Å²) in [6.07, 6.45) is 0.939. The maximum atomic E-state index is 12.9. The summed E-state index contributed by atoms with van der Waals surface area (Å²) in [4.78, 5) is 14.8. The molecule has 1 spiro atoms. The van der Waals surface area contributed by atoms with Gasteiger partial charge in [0, 0.05) is 20.0 Å². The zero-order valence-corrected chi connectivity index (χ0v) is 16.9. The van der Waals surface area contributed by atoms with Gasteiger partial charge in [-0.25, -0.2) is 8.42 Å². The minimum atomic E-state index is -3.61. The molecule has 2 heterocycles. The monoisotopic (exact) mass is 400 g/mol. The lowest BCUT2D eigenvalue weighted by atomic mass is 10.0. The summed E-state index contributed by atoms with van der Waals surface area (Å²) < 4.78 is 33.2. The van der Waals surface area contributed by atoms with Crippen LogP contribution < -0.4 is 4.74 Å². The molecular weight excluding hydrogens is 376 g/mol. The number of amides is 1. The van der Waals surface area contributed by atoms with Crippen LogP contribution in [0.3, 0.4) is 0 Å². The fraction of sp³-hybridized carbons (Fsp3) is 0.381. The first-order valence-corrected chi connectivity index (χ1v) is 10.8. The first-order valence-electron chi connectivity index (χ1n) is 9.37. The Bertz CT molecular complexity index is 1020. The molecule has 1 fully saturated rings. The van der Waals surface area contributed by atoms with Crippen molar-refractivity contribution in [1.29, 1.82) is 0 Å². The highest BCUT2D eigenvalue weighted by Gasteiger charge is 2.47. The van der Waals surface area contributed by atoms with Crippen molar-refractivity contribution in [2.24, 2.45) is 0 Å². The first kappa shape index (κ1) is 19.0. The third kappa shape index (κ3) is 3.29. The lowest BCUT2D eigenvalue weighted by Crippen LogP contribution is -2.48. The van der Waals surface area contributed by atoms with E-state index < -0.39 is 15.6 Å². The molecule has 1 amide bonds. The molecule has 1 saturated heterocycles. The average Bonchev–Trinajstić information content (AvgIpc) is 3.04. The van der Waals surface area contributed by atoms with E-state index in [1.807, 2.05) is 31.2 Å². The molecule has 4 rings (SSSR count). The van der Waals surface area contributed by atoms with Crippen LogP contribution in [0.1, 0.15) is 17.5 Å². The zero-order chi connectivity index (χ0) is 19.9. The maximum Gasteiger partial charge on any atom is 0.246 e. The van der Waals surface area contributed by atoms with E-state index in [0.29, 0.717) is 31.7 Å².